The van der Waals surface area contributed by atoms with Crippen molar-refractivity contribution in [3.05, 3.63) is 24.2 Å². The second-order valence-electron chi connectivity index (χ2n) is 6.60. The summed E-state index contributed by atoms with van der Waals surface area (Å²) in [6.45, 7) is 6.64. The van der Waals surface area contributed by atoms with E-state index in [1.54, 1.807) is 0 Å². The zero-order valence-electron chi connectivity index (χ0n) is 12.6. The van der Waals surface area contributed by atoms with E-state index < -0.39 is 0 Å². The number of imidazole rings is 1. The van der Waals surface area contributed by atoms with Crippen LogP contribution in [0.1, 0.15) is 58.3 Å². The molecule has 108 valence electrons. The third kappa shape index (κ3) is 2.12. The van der Waals surface area contributed by atoms with E-state index in [9.17, 15) is 0 Å². The van der Waals surface area contributed by atoms with Gasteiger partial charge < -0.3 is 10.3 Å². The van der Waals surface area contributed by atoms with Gasteiger partial charge in [-0.3, -0.25) is 0 Å². The maximum Gasteiger partial charge on any atom is 0.160 e. The summed E-state index contributed by atoms with van der Waals surface area (Å²) in [7, 11) is 0. The molecule has 0 aromatic carbocycles. The molecule has 3 rings (SSSR count). The predicted octanol–water partition coefficient (Wildman–Crippen LogP) is 3.38. The molecule has 2 N–H and O–H groups in total. The largest absolute Gasteiger partial charge is 0.319 e. The smallest absolute Gasteiger partial charge is 0.160 e. The first-order chi connectivity index (χ1) is 9.51. The molecule has 2 unspecified atom stereocenters. The minimum Gasteiger partial charge on any atom is -0.319 e. The van der Waals surface area contributed by atoms with Gasteiger partial charge in [0.2, 0.25) is 0 Å². The number of pyridine rings is 1. The van der Waals surface area contributed by atoms with Gasteiger partial charge in [0.15, 0.2) is 5.65 Å². The second-order valence-corrected chi connectivity index (χ2v) is 6.60. The summed E-state index contributed by atoms with van der Waals surface area (Å²) in [6.07, 6.45) is 6.33. The third-order valence-electron chi connectivity index (χ3n) is 4.44. The molecule has 0 amide bonds. The molecule has 4 nitrogen and oxygen atoms in total. The van der Waals surface area contributed by atoms with Crippen molar-refractivity contribution < 1.29 is 0 Å². The van der Waals surface area contributed by atoms with Crippen molar-refractivity contribution >= 4 is 11.2 Å². The monoisotopic (exact) mass is 272 g/mol. The Kier molecular flexibility index (Phi) is 3.28. The SMILES string of the molecule is CC1CCCC(N)(c2nc3cccnc3n2C(C)C)C1. The molecule has 1 aliphatic carbocycles. The molecule has 2 aromatic heterocycles. The van der Waals surface area contributed by atoms with Gasteiger partial charge in [-0.25, -0.2) is 9.97 Å². The average molecular weight is 272 g/mol. The fraction of sp³-hybridized carbons (Fsp3) is 0.625. The Balaban J connectivity index is 2.17. The lowest BCUT2D eigenvalue weighted by Crippen LogP contribution is -2.43. The molecule has 1 fully saturated rings. The highest BCUT2D eigenvalue weighted by Gasteiger charge is 2.37. The minimum atomic E-state index is -0.303. The summed E-state index contributed by atoms with van der Waals surface area (Å²) in [5, 5.41) is 0. The topological polar surface area (TPSA) is 56.7 Å². The van der Waals surface area contributed by atoms with Crippen LogP contribution in [0.3, 0.4) is 0 Å². The Morgan fingerprint density at radius 2 is 2.25 bits per heavy atom. The molecule has 0 bridgehead atoms. The molecule has 0 radical (unpaired) electrons. The fourth-order valence-corrected chi connectivity index (χ4v) is 3.56. The lowest BCUT2D eigenvalue weighted by molar-refractivity contribution is 0.220. The third-order valence-corrected chi connectivity index (χ3v) is 4.44. The molecule has 0 saturated heterocycles. The molecule has 20 heavy (non-hydrogen) atoms. The predicted molar refractivity (Wildman–Crippen MR) is 81.4 cm³/mol. The van der Waals surface area contributed by atoms with Crippen molar-refractivity contribution in [1.82, 2.24) is 14.5 Å². The number of hydrogen-bond acceptors (Lipinski definition) is 3. The van der Waals surface area contributed by atoms with Crippen molar-refractivity contribution in [2.75, 3.05) is 0 Å². The number of nitrogens with two attached hydrogens (primary N) is 1. The van der Waals surface area contributed by atoms with Gasteiger partial charge in [-0.05, 0) is 44.7 Å². The first-order valence-electron chi connectivity index (χ1n) is 7.63. The van der Waals surface area contributed by atoms with Crippen LogP contribution in [0.2, 0.25) is 0 Å². The maximum absolute atomic E-state index is 6.76. The highest BCUT2D eigenvalue weighted by Crippen LogP contribution is 2.39. The molecule has 4 heteroatoms. The van der Waals surface area contributed by atoms with Crippen LogP contribution in [0.4, 0.5) is 0 Å². The van der Waals surface area contributed by atoms with Crippen molar-refractivity contribution in [3.8, 4) is 0 Å². The number of rotatable bonds is 2. The van der Waals surface area contributed by atoms with Crippen molar-refractivity contribution in [1.29, 1.82) is 0 Å². The van der Waals surface area contributed by atoms with Crippen LogP contribution >= 0.6 is 0 Å². The van der Waals surface area contributed by atoms with E-state index in [0.29, 0.717) is 12.0 Å². The van der Waals surface area contributed by atoms with E-state index in [0.717, 1.165) is 29.8 Å². The molecule has 2 heterocycles. The van der Waals surface area contributed by atoms with E-state index in [1.165, 1.54) is 12.8 Å². The molecule has 0 aliphatic heterocycles. The van der Waals surface area contributed by atoms with Gasteiger partial charge in [0.25, 0.3) is 0 Å². The molecule has 1 saturated carbocycles. The quantitative estimate of drug-likeness (QED) is 0.911. The van der Waals surface area contributed by atoms with Crippen LogP contribution in [-0.4, -0.2) is 14.5 Å². The van der Waals surface area contributed by atoms with E-state index in [4.69, 9.17) is 10.7 Å². The molecule has 1 aliphatic rings. The first-order valence-corrected chi connectivity index (χ1v) is 7.63. The van der Waals surface area contributed by atoms with Gasteiger partial charge in [-0.2, -0.15) is 0 Å². The first kappa shape index (κ1) is 13.6. The van der Waals surface area contributed by atoms with Gasteiger partial charge >= 0.3 is 0 Å². The average Bonchev–Trinajstić information content (AvgIpc) is 2.78. The number of aromatic nitrogens is 3. The maximum atomic E-state index is 6.76. The summed E-state index contributed by atoms with van der Waals surface area (Å²) in [5.74, 6) is 1.69. The zero-order valence-corrected chi connectivity index (χ0v) is 12.6. The number of hydrogen-bond donors (Lipinski definition) is 1. The Morgan fingerprint density at radius 3 is 2.95 bits per heavy atom. The highest BCUT2D eigenvalue weighted by molar-refractivity contribution is 5.71. The van der Waals surface area contributed by atoms with Crippen molar-refractivity contribution in [2.45, 2.75) is 58.0 Å². The number of nitrogens with zero attached hydrogens (tertiary/aromatic N) is 3. The van der Waals surface area contributed by atoms with Crippen LogP contribution in [0, 0.1) is 5.92 Å². The van der Waals surface area contributed by atoms with E-state index in [1.807, 2.05) is 18.3 Å². The molecule has 2 atom stereocenters. The van der Waals surface area contributed by atoms with Crippen LogP contribution in [-0.2, 0) is 5.54 Å². The van der Waals surface area contributed by atoms with Gasteiger partial charge in [0, 0.05) is 12.2 Å². The Bertz CT molecular complexity index is 616. The minimum absolute atomic E-state index is 0.303. The Labute approximate surface area is 120 Å². The molecule has 0 spiro atoms. The van der Waals surface area contributed by atoms with Crippen LogP contribution < -0.4 is 5.73 Å². The van der Waals surface area contributed by atoms with E-state index >= 15 is 0 Å². The zero-order chi connectivity index (χ0) is 14.3. The van der Waals surface area contributed by atoms with Crippen molar-refractivity contribution in [2.24, 2.45) is 11.7 Å². The van der Waals surface area contributed by atoms with Gasteiger partial charge in [0.05, 0.1) is 5.54 Å². The van der Waals surface area contributed by atoms with Crippen molar-refractivity contribution in [3.63, 3.8) is 0 Å². The summed E-state index contributed by atoms with van der Waals surface area (Å²) >= 11 is 0. The Morgan fingerprint density at radius 1 is 1.45 bits per heavy atom. The lowest BCUT2D eigenvalue weighted by Gasteiger charge is -2.37. The van der Waals surface area contributed by atoms with E-state index in [2.05, 4.69) is 30.3 Å². The van der Waals surface area contributed by atoms with Crippen LogP contribution in [0.5, 0.6) is 0 Å². The second kappa shape index (κ2) is 4.85. The Hall–Kier alpha value is -1.42. The lowest BCUT2D eigenvalue weighted by atomic mass is 9.76. The van der Waals surface area contributed by atoms with Crippen LogP contribution in [0.25, 0.3) is 11.2 Å². The van der Waals surface area contributed by atoms with Crippen LogP contribution in [0.15, 0.2) is 18.3 Å². The van der Waals surface area contributed by atoms with E-state index in [-0.39, 0.29) is 5.54 Å². The van der Waals surface area contributed by atoms with Gasteiger partial charge in [-0.1, -0.05) is 19.8 Å². The summed E-state index contributed by atoms with van der Waals surface area (Å²) < 4.78 is 2.23. The summed E-state index contributed by atoms with van der Waals surface area (Å²) in [6, 6.07) is 4.29. The van der Waals surface area contributed by atoms with Gasteiger partial charge in [-0.15, -0.1) is 0 Å². The van der Waals surface area contributed by atoms with Gasteiger partial charge in [0.1, 0.15) is 11.3 Å². The fourth-order valence-electron chi connectivity index (χ4n) is 3.56. The highest BCUT2D eigenvalue weighted by atomic mass is 15.2. The normalized spacial score (nSPS) is 27.4. The summed E-state index contributed by atoms with van der Waals surface area (Å²) in [5.41, 5.74) is 8.38. The molecule has 2 aromatic rings. The molecular formula is C16H24N4. The standard InChI is InChI=1S/C16H24N4/c1-11(2)20-14-13(7-5-9-18-14)19-15(20)16(17)8-4-6-12(3)10-16/h5,7,9,11-12H,4,6,8,10,17H2,1-3H3. The summed E-state index contributed by atoms with van der Waals surface area (Å²) in [4.78, 5) is 9.35. The molecular weight excluding hydrogens is 248 g/mol. The number of fused-ring (bicyclic) bond motifs is 1.